The standard InChI is InChI=1S/C10H11BrINOS/c11-7-2-1-3-8(7)13-10(14)6-4-9(12)15-5-6/h4-5,7-8H,1-3H2,(H,13,14). The van der Waals surface area contributed by atoms with Crippen molar-refractivity contribution in [3.05, 3.63) is 19.9 Å². The van der Waals surface area contributed by atoms with Crippen LogP contribution in [0.2, 0.25) is 0 Å². The van der Waals surface area contributed by atoms with Crippen LogP contribution in [0.25, 0.3) is 0 Å². The van der Waals surface area contributed by atoms with Gasteiger partial charge in [-0.05, 0) is 41.5 Å². The molecule has 0 aliphatic heterocycles. The Morgan fingerprint density at radius 2 is 2.40 bits per heavy atom. The monoisotopic (exact) mass is 399 g/mol. The van der Waals surface area contributed by atoms with Gasteiger partial charge in [0.05, 0.1) is 8.45 Å². The topological polar surface area (TPSA) is 29.1 Å². The Morgan fingerprint density at radius 1 is 1.60 bits per heavy atom. The van der Waals surface area contributed by atoms with Gasteiger partial charge in [0.2, 0.25) is 0 Å². The number of nitrogens with one attached hydrogen (secondary N) is 1. The molecule has 2 atom stereocenters. The van der Waals surface area contributed by atoms with Crippen molar-refractivity contribution in [1.82, 2.24) is 5.32 Å². The van der Waals surface area contributed by atoms with Crippen molar-refractivity contribution in [2.24, 2.45) is 0 Å². The van der Waals surface area contributed by atoms with Crippen LogP contribution in [-0.2, 0) is 0 Å². The van der Waals surface area contributed by atoms with Gasteiger partial charge in [-0.15, -0.1) is 11.3 Å². The van der Waals surface area contributed by atoms with Crippen LogP contribution < -0.4 is 5.32 Å². The van der Waals surface area contributed by atoms with Gasteiger partial charge in [0.25, 0.3) is 5.91 Å². The lowest BCUT2D eigenvalue weighted by molar-refractivity contribution is 0.0939. The highest BCUT2D eigenvalue weighted by atomic mass is 127. The predicted octanol–water partition coefficient (Wildman–Crippen LogP) is 3.40. The Balaban J connectivity index is 1.97. The van der Waals surface area contributed by atoms with Crippen molar-refractivity contribution in [2.45, 2.75) is 30.1 Å². The summed E-state index contributed by atoms with van der Waals surface area (Å²) >= 11 is 7.43. The molecule has 2 unspecified atom stereocenters. The molecule has 1 N–H and O–H groups in total. The predicted molar refractivity (Wildman–Crippen MR) is 74.9 cm³/mol. The Morgan fingerprint density at radius 3 is 2.93 bits per heavy atom. The average molecular weight is 400 g/mol. The van der Waals surface area contributed by atoms with Crippen LogP contribution in [0, 0.1) is 2.88 Å². The van der Waals surface area contributed by atoms with Crippen molar-refractivity contribution in [1.29, 1.82) is 0 Å². The zero-order chi connectivity index (χ0) is 10.8. The van der Waals surface area contributed by atoms with E-state index in [0.29, 0.717) is 10.9 Å². The lowest BCUT2D eigenvalue weighted by Gasteiger charge is -2.15. The highest BCUT2D eigenvalue weighted by Gasteiger charge is 2.26. The maximum atomic E-state index is 11.8. The third kappa shape index (κ3) is 2.94. The lowest BCUT2D eigenvalue weighted by Crippen LogP contribution is -2.37. The first-order valence-electron chi connectivity index (χ1n) is 4.86. The first-order valence-corrected chi connectivity index (χ1v) is 7.73. The Bertz CT molecular complexity index is 368. The molecule has 1 aliphatic rings. The number of alkyl halides is 1. The zero-order valence-corrected chi connectivity index (χ0v) is 12.6. The summed E-state index contributed by atoms with van der Waals surface area (Å²) in [6.45, 7) is 0. The van der Waals surface area contributed by atoms with Crippen LogP contribution in [0.5, 0.6) is 0 Å². The maximum Gasteiger partial charge on any atom is 0.252 e. The van der Waals surface area contributed by atoms with E-state index in [1.165, 1.54) is 6.42 Å². The van der Waals surface area contributed by atoms with Gasteiger partial charge in [-0.2, -0.15) is 0 Å². The van der Waals surface area contributed by atoms with E-state index < -0.39 is 0 Å². The number of halogens is 2. The number of thiophene rings is 1. The van der Waals surface area contributed by atoms with E-state index in [-0.39, 0.29) is 5.91 Å². The molecule has 2 nitrogen and oxygen atoms in total. The first kappa shape index (κ1) is 11.9. The molecule has 82 valence electrons. The number of amides is 1. The number of rotatable bonds is 2. The SMILES string of the molecule is O=C(NC1CCCC1Br)c1csc(I)c1. The van der Waals surface area contributed by atoms with E-state index in [4.69, 9.17) is 0 Å². The minimum atomic E-state index is 0.0607. The second kappa shape index (κ2) is 5.14. The molecular weight excluding hydrogens is 389 g/mol. The van der Waals surface area contributed by atoms with E-state index in [1.54, 1.807) is 11.3 Å². The molecule has 1 fully saturated rings. The quantitative estimate of drug-likeness (QED) is 0.599. The van der Waals surface area contributed by atoms with Gasteiger partial charge in [0.1, 0.15) is 0 Å². The molecule has 2 rings (SSSR count). The van der Waals surface area contributed by atoms with Crippen molar-refractivity contribution < 1.29 is 4.79 Å². The fourth-order valence-electron chi connectivity index (χ4n) is 1.76. The van der Waals surface area contributed by atoms with Crippen molar-refractivity contribution in [3.63, 3.8) is 0 Å². The van der Waals surface area contributed by atoms with Crippen LogP contribution in [-0.4, -0.2) is 16.8 Å². The Labute approximate surface area is 115 Å². The zero-order valence-electron chi connectivity index (χ0n) is 8.00. The average Bonchev–Trinajstić information content (AvgIpc) is 2.77. The normalized spacial score (nSPS) is 25.5. The van der Waals surface area contributed by atoms with Gasteiger partial charge in [-0.1, -0.05) is 22.4 Å². The van der Waals surface area contributed by atoms with Crippen LogP contribution in [0.1, 0.15) is 29.6 Å². The molecule has 1 aromatic rings. The molecule has 1 saturated carbocycles. The molecule has 0 radical (unpaired) electrons. The molecule has 0 bridgehead atoms. The fraction of sp³-hybridized carbons (Fsp3) is 0.500. The summed E-state index contributed by atoms with van der Waals surface area (Å²) in [6, 6.07) is 2.23. The number of hydrogen-bond acceptors (Lipinski definition) is 2. The summed E-state index contributed by atoms with van der Waals surface area (Å²) in [4.78, 5) is 12.3. The molecule has 0 aromatic carbocycles. The van der Waals surface area contributed by atoms with Crippen LogP contribution >= 0.6 is 49.9 Å². The van der Waals surface area contributed by atoms with Crippen LogP contribution in [0.3, 0.4) is 0 Å². The van der Waals surface area contributed by atoms with Gasteiger partial charge in [-0.25, -0.2) is 0 Å². The molecule has 5 heteroatoms. The summed E-state index contributed by atoms with van der Waals surface area (Å²) in [6.07, 6.45) is 3.44. The van der Waals surface area contributed by atoms with Crippen LogP contribution in [0.15, 0.2) is 11.4 Å². The third-order valence-electron chi connectivity index (χ3n) is 2.58. The van der Waals surface area contributed by atoms with Gasteiger partial charge < -0.3 is 5.32 Å². The van der Waals surface area contributed by atoms with Crippen LogP contribution in [0.4, 0.5) is 0 Å². The lowest BCUT2D eigenvalue weighted by atomic mass is 10.2. The number of hydrogen-bond donors (Lipinski definition) is 1. The number of carbonyl (C=O) groups is 1. The van der Waals surface area contributed by atoms with E-state index in [1.807, 2.05) is 11.4 Å². The second-order valence-corrected chi connectivity index (χ2v) is 7.65. The summed E-state index contributed by atoms with van der Waals surface area (Å²) in [7, 11) is 0. The molecule has 1 heterocycles. The van der Waals surface area contributed by atoms with Crippen molar-refractivity contribution in [2.75, 3.05) is 0 Å². The summed E-state index contributed by atoms with van der Waals surface area (Å²) in [5, 5.41) is 4.99. The largest absolute Gasteiger partial charge is 0.348 e. The Kier molecular flexibility index (Phi) is 4.06. The van der Waals surface area contributed by atoms with Crippen molar-refractivity contribution >= 4 is 55.8 Å². The maximum absolute atomic E-state index is 11.8. The highest BCUT2D eigenvalue weighted by Crippen LogP contribution is 2.26. The second-order valence-electron chi connectivity index (χ2n) is 3.67. The summed E-state index contributed by atoms with van der Waals surface area (Å²) in [5.74, 6) is 0.0607. The van der Waals surface area contributed by atoms with Gasteiger partial charge in [0.15, 0.2) is 0 Å². The van der Waals surface area contributed by atoms with Crippen molar-refractivity contribution in [3.8, 4) is 0 Å². The minimum absolute atomic E-state index is 0.0607. The van der Waals surface area contributed by atoms with E-state index in [2.05, 4.69) is 43.8 Å². The highest BCUT2D eigenvalue weighted by molar-refractivity contribution is 14.1. The minimum Gasteiger partial charge on any atom is -0.348 e. The molecular formula is C10H11BrINOS. The molecule has 1 amide bonds. The van der Waals surface area contributed by atoms with E-state index in [0.717, 1.165) is 21.3 Å². The summed E-state index contributed by atoms with van der Waals surface area (Å²) < 4.78 is 1.15. The molecule has 0 saturated heterocycles. The van der Waals surface area contributed by atoms with Gasteiger partial charge >= 0.3 is 0 Å². The number of carbonyl (C=O) groups excluding carboxylic acids is 1. The fourth-order valence-corrected chi connectivity index (χ4v) is 3.81. The smallest absolute Gasteiger partial charge is 0.252 e. The van der Waals surface area contributed by atoms with E-state index in [9.17, 15) is 4.79 Å². The van der Waals surface area contributed by atoms with Gasteiger partial charge in [0, 0.05) is 16.2 Å². The third-order valence-corrected chi connectivity index (χ3v) is 5.46. The van der Waals surface area contributed by atoms with Gasteiger partial charge in [-0.3, -0.25) is 4.79 Å². The molecule has 0 spiro atoms. The molecule has 15 heavy (non-hydrogen) atoms. The summed E-state index contributed by atoms with van der Waals surface area (Å²) in [5.41, 5.74) is 0.788. The van der Waals surface area contributed by atoms with E-state index >= 15 is 0 Å². The Hall–Kier alpha value is 0.380. The first-order chi connectivity index (χ1) is 7.16. The molecule has 1 aromatic heterocycles. The molecule has 1 aliphatic carbocycles.